The molecular weight excluding hydrogens is 387 g/mol. The fourth-order valence-corrected chi connectivity index (χ4v) is 2.69. The number of nitrogens with one attached hydrogen (secondary N) is 2. The lowest BCUT2D eigenvalue weighted by molar-refractivity contribution is -0.184. The lowest BCUT2D eigenvalue weighted by atomic mass is 10.2. The number of para-hydroxylation sites is 2. The van der Waals surface area contributed by atoms with E-state index >= 15 is 0 Å². The lowest BCUT2D eigenvalue weighted by Crippen LogP contribution is -2.57. The molecule has 0 aliphatic carbocycles. The van der Waals surface area contributed by atoms with E-state index in [0.29, 0.717) is 31.2 Å². The molecule has 1 fully saturated rings. The van der Waals surface area contributed by atoms with Gasteiger partial charge in [-0.2, -0.15) is 13.2 Å². The summed E-state index contributed by atoms with van der Waals surface area (Å²) in [5, 5.41) is 5.33. The molecule has 0 saturated carbocycles. The van der Waals surface area contributed by atoms with Crippen molar-refractivity contribution in [2.24, 2.45) is 0 Å². The van der Waals surface area contributed by atoms with Crippen LogP contribution in [0.4, 0.5) is 13.2 Å². The summed E-state index contributed by atoms with van der Waals surface area (Å²) < 4.78 is 50.6. The van der Waals surface area contributed by atoms with Gasteiger partial charge in [-0.3, -0.25) is 9.69 Å². The Labute approximate surface area is 162 Å². The highest BCUT2D eigenvalue weighted by molar-refractivity contribution is 5.85. The van der Waals surface area contributed by atoms with Gasteiger partial charge in [0.2, 0.25) is 0 Å². The third kappa shape index (κ3) is 7.43. The van der Waals surface area contributed by atoms with E-state index in [1.54, 1.807) is 24.3 Å². The topological polar surface area (TPSA) is 62.8 Å². The Morgan fingerprint density at radius 1 is 1.22 bits per heavy atom. The number of nitrogens with zero attached hydrogens (tertiary/aromatic N) is 1. The number of amides is 1. The molecule has 1 aliphatic rings. The Hall–Kier alpha value is -1.71. The van der Waals surface area contributed by atoms with Crippen LogP contribution in [0.3, 0.4) is 0 Å². The second-order valence-electron chi connectivity index (χ2n) is 5.82. The Morgan fingerprint density at radius 3 is 2.37 bits per heavy atom. The predicted octanol–water partition coefficient (Wildman–Crippen LogP) is 1.84. The van der Waals surface area contributed by atoms with Crippen molar-refractivity contribution >= 4 is 18.3 Å². The predicted molar refractivity (Wildman–Crippen MR) is 97.6 cm³/mol. The molecule has 1 aromatic rings. The average molecular weight is 412 g/mol. The van der Waals surface area contributed by atoms with Gasteiger partial charge in [0.05, 0.1) is 6.61 Å². The van der Waals surface area contributed by atoms with Gasteiger partial charge in [0.15, 0.2) is 18.1 Å². The molecule has 27 heavy (non-hydrogen) atoms. The monoisotopic (exact) mass is 411 g/mol. The summed E-state index contributed by atoms with van der Waals surface area (Å²) in [6, 6.07) is 5.11. The van der Waals surface area contributed by atoms with E-state index in [9.17, 15) is 18.0 Å². The van der Waals surface area contributed by atoms with E-state index in [4.69, 9.17) is 9.47 Å². The van der Waals surface area contributed by atoms with Gasteiger partial charge in [-0.25, -0.2) is 0 Å². The maximum Gasteiger partial charge on any atom is 0.405 e. The number of carbonyl (C=O) groups is 1. The highest BCUT2D eigenvalue weighted by atomic mass is 35.5. The van der Waals surface area contributed by atoms with Crippen molar-refractivity contribution in [2.45, 2.75) is 19.1 Å². The molecule has 1 aromatic carbocycles. The molecule has 1 unspecified atom stereocenters. The second-order valence-corrected chi connectivity index (χ2v) is 5.82. The van der Waals surface area contributed by atoms with E-state index in [1.165, 1.54) is 4.90 Å². The van der Waals surface area contributed by atoms with Crippen LogP contribution in [-0.2, 0) is 4.79 Å². The SMILES string of the molecule is CCOc1ccccc1OCC(=O)NCC(N1CCNCC1)C(F)(F)F.Cl. The Balaban J connectivity index is 0.00000364. The van der Waals surface area contributed by atoms with Gasteiger partial charge in [-0.15, -0.1) is 12.4 Å². The van der Waals surface area contributed by atoms with Crippen LogP contribution in [0.15, 0.2) is 24.3 Å². The third-order valence-electron chi connectivity index (χ3n) is 3.97. The van der Waals surface area contributed by atoms with Crippen LogP contribution < -0.4 is 20.1 Å². The van der Waals surface area contributed by atoms with Crippen molar-refractivity contribution in [1.82, 2.24) is 15.5 Å². The molecule has 0 spiro atoms. The lowest BCUT2D eigenvalue weighted by Gasteiger charge is -2.35. The van der Waals surface area contributed by atoms with Gasteiger partial charge in [0.1, 0.15) is 6.04 Å². The molecule has 0 bridgehead atoms. The third-order valence-corrected chi connectivity index (χ3v) is 3.97. The molecular formula is C17H25ClF3N3O3. The fraction of sp³-hybridized carbons (Fsp3) is 0.588. The number of halogens is 4. The average Bonchev–Trinajstić information content (AvgIpc) is 2.61. The van der Waals surface area contributed by atoms with Gasteiger partial charge in [-0.05, 0) is 19.1 Å². The molecule has 10 heteroatoms. The number of hydrogen-bond donors (Lipinski definition) is 2. The highest BCUT2D eigenvalue weighted by Crippen LogP contribution is 2.26. The van der Waals surface area contributed by atoms with Crippen LogP contribution in [0.2, 0.25) is 0 Å². The number of alkyl halides is 3. The first-order valence-corrected chi connectivity index (χ1v) is 8.54. The fourth-order valence-electron chi connectivity index (χ4n) is 2.69. The van der Waals surface area contributed by atoms with Crippen LogP contribution in [0, 0.1) is 0 Å². The maximum atomic E-state index is 13.3. The second kappa shape index (κ2) is 11.2. The summed E-state index contributed by atoms with van der Waals surface area (Å²) >= 11 is 0. The quantitative estimate of drug-likeness (QED) is 0.683. The normalized spacial score (nSPS) is 16.1. The molecule has 6 nitrogen and oxygen atoms in total. The molecule has 154 valence electrons. The first-order chi connectivity index (χ1) is 12.4. The van der Waals surface area contributed by atoms with Crippen LogP contribution in [0.1, 0.15) is 6.92 Å². The number of carbonyl (C=O) groups excluding carboxylic acids is 1. The molecule has 1 atom stereocenters. The summed E-state index contributed by atoms with van der Waals surface area (Å²) in [5.74, 6) is 0.247. The number of piperazine rings is 1. The summed E-state index contributed by atoms with van der Waals surface area (Å²) in [6.45, 7) is 2.95. The van der Waals surface area contributed by atoms with Gasteiger partial charge in [-0.1, -0.05) is 12.1 Å². The Kier molecular flexibility index (Phi) is 9.68. The van der Waals surface area contributed by atoms with Crippen molar-refractivity contribution in [1.29, 1.82) is 0 Å². The molecule has 2 rings (SSSR count). The van der Waals surface area contributed by atoms with Crippen molar-refractivity contribution < 1.29 is 27.4 Å². The van der Waals surface area contributed by atoms with Crippen molar-refractivity contribution in [3.8, 4) is 11.5 Å². The standard InChI is InChI=1S/C17H24F3N3O3.ClH/c1-2-25-13-5-3-4-6-14(13)26-12-16(24)22-11-15(17(18,19)20)23-9-7-21-8-10-23;/h3-6,15,21H,2,7-12H2,1H3,(H,22,24);1H. The number of ether oxygens (including phenoxy) is 2. The Morgan fingerprint density at radius 2 is 1.81 bits per heavy atom. The van der Waals surface area contributed by atoms with Crippen LogP contribution in [0.5, 0.6) is 11.5 Å². The maximum absolute atomic E-state index is 13.3. The van der Waals surface area contributed by atoms with Crippen LogP contribution in [0.25, 0.3) is 0 Å². The molecule has 1 saturated heterocycles. The molecule has 2 N–H and O–H groups in total. The zero-order valence-corrected chi connectivity index (χ0v) is 15.9. The zero-order chi connectivity index (χ0) is 19.0. The van der Waals surface area contributed by atoms with E-state index in [2.05, 4.69) is 10.6 Å². The van der Waals surface area contributed by atoms with Crippen LogP contribution >= 0.6 is 12.4 Å². The minimum atomic E-state index is -4.41. The molecule has 1 aliphatic heterocycles. The largest absolute Gasteiger partial charge is 0.490 e. The first kappa shape index (κ1) is 23.3. The van der Waals surface area contributed by atoms with Crippen molar-refractivity contribution in [2.75, 3.05) is 45.9 Å². The number of hydrogen-bond acceptors (Lipinski definition) is 5. The first-order valence-electron chi connectivity index (χ1n) is 8.54. The summed E-state index contributed by atoms with van der Waals surface area (Å²) in [5.41, 5.74) is 0. The van der Waals surface area contributed by atoms with E-state index in [-0.39, 0.29) is 32.1 Å². The molecule has 1 amide bonds. The van der Waals surface area contributed by atoms with Gasteiger partial charge >= 0.3 is 6.18 Å². The minimum absolute atomic E-state index is 0. The van der Waals surface area contributed by atoms with Crippen molar-refractivity contribution in [3.05, 3.63) is 24.3 Å². The number of benzene rings is 1. The van der Waals surface area contributed by atoms with E-state index in [1.807, 2.05) is 6.92 Å². The number of rotatable bonds is 8. The van der Waals surface area contributed by atoms with Crippen molar-refractivity contribution in [3.63, 3.8) is 0 Å². The van der Waals surface area contributed by atoms with E-state index in [0.717, 1.165) is 0 Å². The molecule has 0 radical (unpaired) electrons. The Bertz CT molecular complexity index is 584. The van der Waals surface area contributed by atoms with Crippen LogP contribution in [-0.4, -0.2) is 69.0 Å². The summed E-state index contributed by atoms with van der Waals surface area (Å²) in [4.78, 5) is 13.3. The van der Waals surface area contributed by atoms with Gasteiger partial charge in [0, 0.05) is 32.7 Å². The molecule has 1 heterocycles. The summed E-state index contributed by atoms with van der Waals surface area (Å²) in [7, 11) is 0. The smallest absolute Gasteiger partial charge is 0.405 e. The highest BCUT2D eigenvalue weighted by Gasteiger charge is 2.43. The summed E-state index contributed by atoms with van der Waals surface area (Å²) in [6.07, 6.45) is -4.41. The zero-order valence-electron chi connectivity index (χ0n) is 15.1. The van der Waals surface area contributed by atoms with E-state index < -0.39 is 24.7 Å². The van der Waals surface area contributed by atoms with Gasteiger partial charge < -0.3 is 20.1 Å². The minimum Gasteiger partial charge on any atom is -0.490 e. The van der Waals surface area contributed by atoms with Gasteiger partial charge in [0.25, 0.3) is 5.91 Å². The molecule has 0 aromatic heterocycles.